The lowest BCUT2D eigenvalue weighted by Gasteiger charge is -2.16. The number of hydrogen-bond donors (Lipinski definition) is 3. The molecule has 0 radical (unpaired) electrons. The van der Waals surface area contributed by atoms with Crippen molar-refractivity contribution < 1.29 is 14.9 Å². The Labute approximate surface area is 197 Å². The number of tetrazole rings is 1. The molecule has 4 aromatic rings. The molecule has 0 amide bonds. The third-order valence-corrected chi connectivity index (χ3v) is 5.67. The Kier molecular flexibility index (Phi) is 5.85. The van der Waals surface area contributed by atoms with E-state index in [-0.39, 0.29) is 11.1 Å². The van der Waals surface area contributed by atoms with E-state index in [0.29, 0.717) is 35.1 Å². The number of nitrogens with one attached hydrogen (secondary N) is 1. The lowest BCUT2D eigenvalue weighted by Crippen LogP contribution is -2.29. The predicted octanol–water partition coefficient (Wildman–Crippen LogP) is 1.74. The molecule has 1 aliphatic heterocycles. The quantitative estimate of drug-likeness (QED) is 0.340. The van der Waals surface area contributed by atoms with E-state index in [1.807, 2.05) is 25.1 Å². The lowest BCUT2D eigenvalue weighted by atomic mass is 10.1. The van der Waals surface area contributed by atoms with Crippen LogP contribution in [0.5, 0.6) is 0 Å². The summed E-state index contributed by atoms with van der Waals surface area (Å²) in [7, 11) is 0. The molecule has 3 aromatic heterocycles. The Morgan fingerprint density at radius 3 is 2.79 bits per heavy atom. The third kappa shape index (κ3) is 4.11. The standard InChI is InChI=1S/C19H19Cl2N9O3/c1-2-30-27-16(26-28-30)14-12(31)13(32)18(33-14)29-8-23-11-15(24-19(21)25-17(11)29)22-7-9-4-3-5-10(20)6-9/h3-6,8,12-14,18,31-32H,2,7H2,1H3,(H,22,24,25)/t12-,13+,14-,18+/m0/s1. The van der Waals surface area contributed by atoms with Gasteiger partial charge in [-0.3, -0.25) is 4.57 Å². The summed E-state index contributed by atoms with van der Waals surface area (Å²) in [5.74, 6) is 0.577. The highest BCUT2D eigenvalue weighted by molar-refractivity contribution is 6.30. The highest BCUT2D eigenvalue weighted by atomic mass is 35.5. The summed E-state index contributed by atoms with van der Waals surface area (Å²) in [5, 5.41) is 37.0. The van der Waals surface area contributed by atoms with Gasteiger partial charge in [0.15, 0.2) is 29.3 Å². The zero-order valence-electron chi connectivity index (χ0n) is 17.2. The maximum absolute atomic E-state index is 10.7. The number of aliphatic hydroxyl groups excluding tert-OH is 2. The summed E-state index contributed by atoms with van der Waals surface area (Å²) in [6.45, 7) is 2.79. The normalized spacial score (nSPS) is 22.8. The van der Waals surface area contributed by atoms with Crippen LogP contribution in [-0.2, 0) is 17.8 Å². The Balaban J connectivity index is 1.44. The largest absolute Gasteiger partial charge is 0.387 e. The van der Waals surface area contributed by atoms with E-state index in [1.165, 1.54) is 15.7 Å². The van der Waals surface area contributed by atoms with Crippen LogP contribution in [0.4, 0.5) is 5.82 Å². The van der Waals surface area contributed by atoms with Gasteiger partial charge in [0.2, 0.25) is 11.1 Å². The van der Waals surface area contributed by atoms with Crippen LogP contribution in [0.1, 0.15) is 30.6 Å². The Hall–Kier alpha value is -2.90. The summed E-state index contributed by atoms with van der Waals surface area (Å²) in [6, 6.07) is 7.40. The summed E-state index contributed by atoms with van der Waals surface area (Å²) in [6.07, 6.45) is -3.10. The van der Waals surface area contributed by atoms with Gasteiger partial charge in [0.1, 0.15) is 12.2 Å². The number of nitrogens with zero attached hydrogens (tertiary/aromatic N) is 8. The van der Waals surface area contributed by atoms with Gasteiger partial charge in [-0.05, 0) is 41.4 Å². The molecule has 1 saturated heterocycles. The molecule has 1 fully saturated rings. The molecular formula is C19H19Cl2N9O3. The van der Waals surface area contributed by atoms with Crippen molar-refractivity contribution in [3.05, 3.63) is 52.3 Å². The van der Waals surface area contributed by atoms with Gasteiger partial charge in [-0.15, -0.1) is 10.2 Å². The van der Waals surface area contributed by atoms with Crippen LogP contribution in [0.25, 0.3) is 11.2 Å². The van der Waals surface area contributed by atoms with Crippen LogP contribution >= 0.6 is 23.2 Å². The van der Waals surface area contributed by atoms with Crippen molar-refractivity contribution in [1.82, 2.24) is 39.7 Å². The average Bonchev–Trinajstić information content (AvgIpc) is 3.51. The molecule has 12 nitrogen and oxygen atoms in total. The molecule has 4 atom stereocenters. The molecule has 4 heterocycles. The smallest absolute Gasteiger partial charge is 0.226 e. The number of rotatable bonds is 6. The first-order valence-electron chi connectivity index (χ1n) is 10.1. The van der Waals surface area contributed by atoms with Crippen molar-refractivity contribution in [2.24, 2.45) is 0 Å². The number of anilines is 1. The van der Waals surface area contributed by atoms with Gasteiger partial charge in [-0.2, -0.15) is 14.8 Å². The van der Waals surface area contributed by atoms with Gasteiger partial charge in [0.25, 0.3) is 0 Å². The Bertz CT molecular complexity index is 1300. The fourth-order valence-corrected chi connectivity index (χ4v) is 4.02. The van der Waals surface area contributed by atoms with Gasteiger partial charge in [0, 0.05) is 11.6 Å². The summed E-state index contributed by atoms with van der Waals surface area (Å²) in [5.41, 5.74) is 1.69. The van der Waals surface area contributed by atoms with E-state index < -0.39 is 24.5 Å². The van der Waals surface area contributed by atoms with Gasteiger partial charge < -0.3 is 20.3 Å². The van der Waals surface area contributed by atoms with E-state index in [0.717, 1.165) is 5.56 Å². The van der Waals surface area contributed by atoms with Crippen LogP contribution in [-0.4, -0.2) is 62.1 Å². The summed E-state index contributed by atoms with van der Waals surface area (Å²) < 4.78 is 7.40. The van der Waals surface area contributed by atoms with Gasteiger partial charge >= 0.3 is 0 Å². The van der Waals surface area contributed by atoms with Crippen molar-refractivity contribution in [1.29, 1.82) is 0 Å². The van der Waals surface area contributed by atoms with Gasteiger partial charge in [-0.1, -0.05) is 23.7 Å². The SMILES string of the molecule is CCn1nnc([C@H]2O[C@@H](n3cnc4c(NCc5cccc(Cl)c5)nc(Cl)nc43)[C@H](O)[C@@H]2O)n1. The number of ether oxygens (including phenoxy) is 1. The van der Waals surface area contributed by atoms with Crippen molar-refractivity contribution in [2.75, 3.05) is 5.32 Å². The highest BCUT2D eigenvalue weighted by Gasteiger charge is 2.47. The molecule has 5 rings (SSSR count). The van der Waals surface area contributed by atoms with Crippen molar-refractivity contribution in [3.8, 4) is 0 Å². The number of aryl methyl sites for hydroxylation is 1. The summed E-state index contributed by atoms with van der Waals surface area (Å²) in [4.78, 5) is 14.2. The molecule has 14 heteroatoms. The van der Waals surface area contributed by atoms with Gasteiger partial charge in [-0.25, -0.2) is 4.98 Å². The number of aliphatic hydroxyl groups is 2. The number of fused-ring (bicyclic) bond motifs is 1. The molecule has 172 valence electrons. The van der Waals surface area contributed by atoms with E-state index in [4.69, 9.17) is 27.9 Å². The fourth-order valence-electron chi connectivity index (χ4n) is 3.64. The van der Waals surface area contributed by atoms with Crippen molar-refractivity contribution in [3.63, 3.8) is 0 Å². The third-order valence-electron chi connectivity index (χ3n) is 5.26. The van der Waals surface area contributed by atoms with Crippen LogP contribution < -0.4 is 5.32 Å². The second-order valence-electron chi connectivity index (χ2n) is 7.41. The number of benzene rings is 1. The van der Waals surface area contributed by atoms with E-state index in [9.17, 15) is 10.2 Å². The molecule has 1 aromatic carbocycles. The Morgan fingerprint density at radius 1 is 1.18 bits per heavy atom. The first-order chi connectivity index (χ1) is 15.9. The highest BCUT2D eigenvalue weighted by Crippen LogP contribution is 2.39. The maximum atomic E-state index is 10.7. The number of hydrogen-bond acceptors (Lipinski definition) is 10. The Morgan fingerprint density at radius 2 is 2.03 bits per heavy atom. The molecular weight excluding hydrogens is 473 g/mol. The second kappa shape index (κ2) is 8.80. The van der Waals surface area contributed by atoms with Crippen LogP contribution in [0.3, 0.4) is 0 Å². The average molecular weight is 492 g/mol. The molecule has 0 unspecified atom stereocenters. The molecule has 0 bridgehead atoms. The second-order valence-corrected chi connectivity index (χ2v) is 8.19. The molecule has 3 N–H and O–H groups in total. The molecule has 1 aliphatic rings. The van der Waals surface area contributed by atoms with Crippen LogP contribution in [0.2, 0.25) is 10.3 Å². The predicted molar refractivity (Wildman–Crippen MR) is 117 cm³/mol. The van der Waals surface area contributed by atoms with E-state index in [1.54, 1.807) is 6.07 Å². The minimum atomic E-state index is -1.29. The molecule has 33 heavy (non-hydrogen) atoms. The first-order valence-corrected chi connectivity index (χ1v) is 10.9. The number of aromatic nitrogens is 8. The topological polar surface area (TPSA) is 149 Å². The molecule has 0 saturated carbocycles. The first kappa shape index (κ1) is 21.9. The molecule has 0 aliphatic carbocycles. The zero-order chi connectivity index (χ0) is 23.1. The zero-order valence-corrected chi connectivity index (χ0v) is 18.8. The monoisotopic (exact) mass is 491 g/mol. The minimum absolute atomic E-state index is 0.0185. The minimum Gasteiger partial charge on any atom is -0.387 e. The van der Waals surface area contributed by atoms with Gasteiger partial charge in [0.05, 0.1) is 12.9 Å². The van der Waals surface area contributed by atoms with Crippen molar-refractivity contribution >= 4 is 40.2 Å². The van der Waals surface area contributed by atoms with E-state index in [2.05, 4.69) is 35.7 Å². The van der Waals surface area contributed by atoms with Crippen LogP contribution in [0, 0.1) is 0 Å². The maximum Gasteiger partial charge on any atom is 0.226 e. The number of imidazole rings is 1. The lowest BCUT2D eigenvalue weighted by molar-refractivity contribution is -0.0384. The fraction of sp³-hybridized carbons (Fsp3) is 0.368. The molecule has 0 spiro atoms. The number of halogens is 2. The van der Waals surface area contributed by atoms with Crippen LogP contribution in [0.15, 0.2) is 30.6 Å². The van der Waals surface area contributed by atoms with E-state index >= 15 is 0 Å². The van der Waals surface area contributed by atoms with Crippen molar-refractivity contribution in [2.45, 2.75) is 44.6 Å². The summed E-state index contributed by atoms with van der Waals surface area (Å²) >= 11 is 12.2.